The van der Waals surface area contributed by atoms with E-state index < -0.39 is 32.4 Å². The van der Waals surface area contributed by atoms with Crippen molar-refractivity contribution < 1.29 is 26.3 Å². The predicted molar refractivity (Wildman–Crippen MR) is 72.9 cm³/mol. The Labute approximate surface area is 136 Å². The summed E-state index contributed by atoms with van der Waals surface area (Å²) in [7, 11) is 0. The van der Waals surface area contributed by atoms with Gasteiger partial charge in [-0.1, -0.05) is 0 Å². The van der Waals surface area contributed by atoms with Crippen LogP contribution in [0.3, 0.4) is 0 Å². The zero-order valence-electron chi connectivity index (χ0n) is 10.2. The number of hydrogen-bond acceptors (Lipinski definition) is 2. The van der Waals surface area contributed by atoms with Crippen molar-refractivity contribution in [1.29, 1.82) is 0 Å². The Bertz CT molecular complexity index is 650. The molecule has 0 N–H and O–H groups in total. The normalized spacial score (nSPS) is 12.5. The highest BCUT2D eigenvalue weighted by Crippen LogP contribution is 2.42. The smallest absolute Gasteiger partial charge is 0.253 e. The van der Waals surface area contributed by atoms with Gasteiger partial charge in [-0.05, 0) is 44.0 Å². The van der Waals surface area contributed by atoms with Crippen molar-refractivity contribution in [2.45, 2.75) is 12.4 Å². The summed E-state index contributed by atoms with van der Waals surface area (Å²) in [6, 6.07) is 1.43. The third-order valence-electron chi connectivity index (χ3n) is 2.61. The Kier molecular flexibility index (Phi) is 4.54. The molecule has 0 aliphatic rings. The number of nitrogens with zero attached hydrogens (tertiary/aromatic N) is 2. The van der Waals surface area contributed by atoms with Gasteiger partial charge in [-0.15, -0.1) is 0 Å². The molecule has 0 fully saturated rings. The van der Waals surface area contributed by atoms with Crippen LogP contribution in [0.2, 0.25) is 0 Å². The summed E-state index contributed by atoms with van der Waals surface area (Å²) in [5.41, 5.74) is -2.78. The van der Waals surface area contributed by atoms with Gasteiger partial charge in [-0.2, -0.15) is 26.3 Å². The Hall–Kier alpha value is -1.16. The van der Waals surface area contributed by atoms with Gasteiger partial charge in [-0.25, -0.2) is 0 Å². The minimum Gasteiger partial charge on any atom is -0.253 e. The van der Waals surface area contributed by atoms with Crippen LogP contribution in [-0.4, -0.2) is 9.97 Å². The molecule has 2 aromatic heterocycles. The number of hydrogen-bond donors (Lipinski definition) is 0. The Morgan fingerprint density at radius 3 is 1.27 bits per heavy atom. The quantitative estimate of drug-likeness (QED) is 0.521. The van der Waals surface area contributed by atoms with E-state index in [9.17, 15) is 26.3 Å². The first kappa shape index (κ1) is 17.2. The van der Waals surface area contributed by atoms with E-state index in [1.54, 1.807) is 0 Å². The molecule has 22 heavy (non-hydrogen) atoms. The highest BCUT2D eigenvalue weighted by atomic mass is 79.9. The fourth-order valence-corrected chi connectivity index (χ4v) is 2.95. The van der Waals surface area contributed by atoms with Gasteiger partial charge in [0.15, 0.2) is 0 Å². The number of rotatable bonds is 1. The van der Waals surface area contributed by atoms with Gasteiger partial charge in [0.05, 0.1) is 20.1 Å². The molecule has 2 rings (SSSR count). The van der Waals surface area contributed by atoms with Crippen molar-refractivity contribution >= 4 is 31.9 Å². The molecular weight excluding hydrogens is 446 g/mol. The van der Waals surface area contributed by atoms with E-state index in [1.165, 1.54) is 0 Å². The van der Waals surface area contributed by atoms with Gasteiger partial charge < -0.3 is 0 Å². The van der Waals surface area contributed by atoms with Crippen LogP contribution in [0.4, 0.5) is 26.3 Å². The monoisotopic (exact) mass is 448 g/mol. The van der Waals surface area contributed by atoms with Gasteiger partial charge in [0, 0.05) is 12.4 Å². The average molecular weight is 450 g/mol. The molecule has 10 heteroatoms. The Balaban J connectivity index is 2.69. The van der Waals surface area contributed by atoms with Crippen LogP contribution < -0.4 is 0 Å². The predicted octanol–water partition coefficient (Wildman–Crippen LogP) is 5.71. The molecule has 0 amide bonds. The zero-order valence-corrected chi connectivity index (χ0v) is 13.4. The number of aromatic nitrogens is 2. The van der Waals surface area contributed by atoms with Gasteiger partial charge in [-0.3, -0.25) is 9.97 Å². The second-order valence-electron chi connectivity index (χ2n) is 4.04. The molecule has 0 saturated heterocycles. The van der Waals surface area contributed by atoms with E-state index in [2.05, 4.69) is 41.8 Å². The summed E-state index contributed by atoms with van der Waals surface area (Å²) in [5, 5.41) is 0. The van der Waals surface area contributed by atoms with Crippen LogP contribution in [0, 0.1) is 0 Å². The summed E-state index contributed by atoms with van der Waals surface area (Å²) < 4.78 is 76.1. The maximum absolute atomic E-state index is 12.8. The fourth-order valence-electron chi connectivity index (χ4n) is 1.66. The third kappa shape index (κ3) is 3.27. The van der Waals surface area contributed by atoms with Crippen molar-refractivity contribution in [3.8, 4) is 11.4 Å². The molecule has 2 nitrogen and oxygen atoms in total. The molecule has 0 radical (unpaired) electrons. The number of alkyl halides is 6. The maximum Gasteiger partial charge on any atom is 0.417 e. The highest BCUT2D eigenvalue weighted by Gasteiger charge is 2.37. The van der Waals surface area contributed by atoms with E-state index in [0.29, 0.717) is 0 Å². The van der Waals surface area contributed by atoms with Crippen molar-refractivity contribution in [1.82, 2.24) is 9.97 Å². The molecule has 0 aliphatic carbocycles. The highest BCUT2D eigenvalue weighted by molar-refractivity contribution is 9.11. The van der Waals surface area contributed by atoms with Crippen molar-refractivity contribution in [2.75, 3.05) is 0 Å². The van der Waals surface area contributed by atoms with E-state index in [0.717, 1.165) is 24.5 Å². The van der Waals surface area contributed by atoms with Crippen molar-refractivity contribution in [3.63, 3.8) is 0 Å². The van der Waals surface area contributed by atoms with Crippen LogP contribution in [0.5, 0.6) is 0 Å². The van der Waals surface area contributed by atoms with Crippen LogP contribution in [-0.2, 0) is 12.4 Å². The molecule has 0 bridgehead atoms. The molecule has 0 saturated carbocycles. The summed E-state index contributed by atoms with van der Waals surface area (Å²) in [5.74, 6) is 0. The fraction of sp³-hybridized carbons (Fsp3) is 0.167. The molecule has 0 unspecified atom stereocenters. The first-order chi connectivity index (χ1) is 10.0. The second kappa shape index (κ2) is 5.80. The summed E-state index contributed by atoms with van der Waals surface area (Å²) in [4.78, 5) is 7.40. The van der Waals surface area contributed by atoms with Gasteiger partial charge in [0.2, 0.25) is 0 Å². The minimum absolute atomic E-state index is 0.340. The molecule has 0 spiro atoms. The van der Waals surface area contributed by atoms with Crippen molar-refractivity contribution in [3.05, 3.63) is 44.6 Å². The SMILES string of the molecule is FC(F)(F)c1ccnc(-c2nccc(C(F)(F)F)c2Br)c1Br. The van der Waals surface area contributed by atoms with E-state index >= 15 is 0 Å². The molecular formula is C12H4Br2F6N2. The number of halogens is 8. The lowest BCUT2D eigenvalue weighted by atomic mass is 10.1. The Morgan fingerprint density at radius 2 is 1.00 bits per heavy atom. The van der Waals surface area contributed by atoms with Gasteiger partial charge in [0.25, 0.3) is 0 Å². The number of pyridine rings is 2. The lowest BCUT2D eigenvalue weighted by Gasteiger charge is -2.14. The topological polar surface area (TPSA) is 25.8 Å². The summed E-state index contributed by atoms with van der Waals surface area (Å²) in [6.45, 7) is 0. The first-order valence-corrected chi connectivity index (χ1v) is 7.06. The van der Waals surface area contributed by atoms with Crippen LogP contribution in [0.15, 0.2) is 33.5 Å². The second-order valence-corrected chi connectivity index (χ2v) is 5.62. The van der Waals surface area contributed by atoms with Gasteiger partial charge in [0.1, 0.15) is 11.4 Å². The zero-order chi connectivity index (χ0) is 16.7. The first-order valence-electron chi connectivity index (χ1n) is 5.47. The van der Waals surface area contributed by atoms with Crippen LogP contribution >= 0.6 is 31.9 Å². The molecule has 2 aromatic rings. The summed E-state index contributed by atoms with van der Waals surface area (Å²) in [6.07, 6.45) is -7.64. The Morgan fingerprint density at radius 1 is 0.682 bits per heavy atom. The standard InChI is InChI=1S/C12H4Br2F6N2/c13-7-5(11(15,16)17)1-3-21-9(7)10-8(14)6(2-4-22-10)12(18,19)20/h1-4H. The molecule has 118 valence electrons. The van der Waals surface area contributed by atoms with E-state index in [4.69, 9.17) is 0 Å². The van der Waals surface area contributed by atoms with E-state index in [-0.39, 0.29) is 11.4 Å². The van der Waals surface area contributed by atoms with Gasteiger partial charge >= 0.3 is 12.4 Å². The average Bonchev–Trinajstić information content (AvgIpc) is 2.37. The molecule has 0 aliphatic heterocycles. The minimum atomic E-state index is -4.68. The lowest BCUT2D eigenvalue weighted by molar-refractivity contribution is -0.139. The van der Waals surface area contributed by atoms with Crippen LogP contribution in [0.1, 0.15) is 11.1 Å². The molecule has 0 atom stereocenters. The molecule has 2 heterocycles. The summed E-state index contributed by atoms with van der Waals surface area (Å²) >= 11 is 5.48. The largest absolute Gasteiger partial charge is 0.417 e. The third-order valence-corrected chi connectivity index (χ3v) is 4.22. The van der Waals surface area contributed by atoms with E-state index in [1.807, 2.05) is 0 Å². The maximum atomic E-state index is 12.8. The lowest BCUT2D eigenvalue weighted by Crippen LogP contribution is -2.09. The molecule has 0 aromatic carbocycles. The van der Waals surface area contributed by atoms with Crippen LogP contribution in [0.25, 0.3) is 11.4 Å². The van der Waals surface area contributed by atoms with Crippen molar-refractivity contribution in [2.24, 2.45) is 0 Å².